The molecular formula is C12H17BrO2. The molecule has 2 nitrogen and oxygen atoms in total. The summed E-state index contributed by atoms with van der Waals surface area (Å²) in [5, 5.41) is 8.85. The van der Waals surface area contributed by atoms with Crippen LogP contribution < -0.4 is 4.74 Å². The highest BCUT2D eigenvalue weighted by molar-refractivity contribution is 9.10. The highest BCUT2D eigenvalue weighted by Gasteiger charge is 2.12. The van der Waals surface area contributed by atoms with Crippen LogP contribution in [0.4, 0.5) is 0 Å². The summed E-state index contributed by atoms with van der Waals surface area (Å²) in [6.45, 7) is 4.35. The largest absolute Gasteiger partial charge is 0.495 e. The van der Waals surface area contributed by atoms with E-state index in [1.807, 2.05) is 0 Å². The van der Waals surface area contributed by atoms with Gasteiger partial charge in [-0.3, -0.25) is 0 Å². The molecule has 0 aliphatic carbocycles. The molecule has 1 N–H and O–H groups in total. The van der Waals surface area contributed by atoms with E-state index in [1.54, 1.807) is 7.11 Å². The topological polar surface area (TPSA) is 29.5 Å². The Morgan fingerprint density at radius 1 is 1.33 bits per heavy atom. The van der Waals surface area contributed by atoms with Gasteiger partial charge in [-0.25, -0.2) is 0 Å². The third kappa shape index (κ3) is 2.73. The summed E-state index contributed by atoms with van der Waals surface area (Å²) in [6.07, 6.45) is 1.62. The van der Waals surface area contributed by atoms with E-state index in [0.29, 0.717) is 0 Å². The minimum Gasteiger partial charge on any atom is -0.495 e. The highest BCUT2D eigenvalue weighted by Crippen LogP contribution is 2.35. The molecule has 0 aromatic heterocycles. The molecule has 0 radical (unpaired) electrons. The molecule has 1 aromatic carbocycles. The lowest BCUT2D eigenvalue weighted by molar-refractivity contribution is 0.287. The van der Waals surface area contributed by atoms with Crippen molar-refractivity contribution >= 4 is 15.9 Å². The maximum absolute atomic E-state index is 8.85. The first-order chi connectivity index (χ1) is 7.11. The van der Waals surface area contributed by atoms with Crippen molar-refractivity contribution in [2.24, 2.45) is 0 Å². The van der Waals surface area contributed by atoms with Crippen LogP contribution in [0.3, 0.4) is 0 Å². The average molecular weight is 273 g/mol. The van der Waals surface area contributed by atoms with Gasteiger partial charge in [0.2, 0.25) is 0 Å². The van der Waals surface area contributed by atoms with E-state index in [-0.39, 0.29) is 6.61 Å². The van der Waals surface area contributed by atoms with E-state index >= 15 is 0 Å². The molecule has 0 bridgehead atoms. The number of methoxy groups -OCH3 is 1. The Morgan fingerprint density at radius 3 is 2.53 bits per heavy atom. The van der Waals surface area contributed by atoms with Gasteiger partial charge in [0.25, 0.3) is 0 Å². The second kappa shape index (κ2) is 5.52. The number of aryl methyl sites for hydroxylation is 2. The first-order valence-electron chi connectivity index (χ1n) is 5.05. The lowest BCUT2D eigenvalue weighted by Gasteiger charge is -2.15. The fourth-order valence-electron chi connectivity index (χ4n) is 1.75. The molecule has 0 amide bonds. The van der Waals surface area contributed by atoms with Gasteiger partial charge in [0, 0.05) is 6.61 Å². The van der Waals surface area contributed by atoms with Gasteiger partial charge < -0.3 is 9.84 Å². The Kier molecular flexibility index (Phi) is 4.61. The molecule has 0 atom stereocenters. The van der Waals surface area contributed by atoms with Gasteiger partial charge in [-0.2, -0.15) is 0 Å². The maximum atomic E-state index is 8.85. The van der Waals surface area contributed by atoms with Crippen LogP contribution in [-0.2, 0) is 6.42 Å². The summed E-state index contributed by atoms with van der Waals surface area (Å²) in [5.74, 6) is 0.904. The minimum absolute atomic E-state index is 0.216. The van der Waals surface area contributed by atoms with Gasteiger partial charge in [-0.05, 0) is 59.3 Å². The van der Waals surface area contributed by atoms with Crippen molar-refractivity contribution in [2.75, 3.05) is 13.7 Å². The van der Waals surface area contributed by atoms with Crippen LogP contribution >= 0.6 is 15.9 Å². The molecular weight excluding hydrogens is 256 g/mol. The number of rotatable bonds is 4. The van der Waals surface area contributed by atoms with Crippen molar-refractivity contribution in [2.45, 2.75) is 26.7 Å². The summed E-state index contributed by atoms with van der Waals surface area (Å²) in [6, 6.07) is 2.14. The van der Waals surface area contributed by atoms with E-state index < -0.39 is 0 Å². The standard InChI is InChI=1S/C12H17BrO2/c1-8-7-9(2)11(13)12(15-3)10(8)5-4-6-14/h7,14H,4-6H2,1-3H3. The maximum Gasteiger partial charge on any atom is 0.136 e. The van der Waals surface area contributed by atoms with Gasteiger partial charge in [0.15, 0.2) is 0 Å². The molecule has 3 heteroatoms. The summed E-state index contributed by atoms with van der Waals surface area (Å²) >= 11 is 3.53. The smallest absolute Gasteiger partial charge is 0.136 e. The number of aliphatic hydroxyl groups is 1. The van der Waals surface area contributed by atoms with Crippen LogP contribution in [0.25, 0.3) is 0 Å². The lowest BCUT2D eigenvalue weighted by Crippen LogP contribution is -2.00. The molecule has 84 valence electrons. The van der Waals surface area contributed by atoms with Crippen molar-refractivity contribution < 1.29 is 9.84 Å². The quantitative estimate of drug-likeness (QED) is 0.913. The number of halogens is 1. The Hall–Kier alpha value is -0.540. The molecule has 0 fully saturated rings. The van der Waals surface area contributed by atoms with Gasteiger partial charge in [0.1, 0.15) is 5.75 Å². The molecule has 1 rings (SSSR count). The van der Waals surface area contributed by atoms with Crippen LogP contribution in [0, 0.1) is 13.8 Å². The molecule has 0 heterocycles. The Morgan fingerprint density at radius 2 is 2.00 bits per heavy atom. The predicted octanol–water partition coefficient (Wildman–Crippen LogP) is 3.00. The Labute approximate surface area is 99.4 Å². The Bertz CT molecular complexity index is 348. The van der Waals surface area contributed by atoms with Crippen LogP contribution in [0.2, 0.25) is 0 Å². The number of hydrogen-bond acceptors (Lipinski definition) is 2. The third-order valence-corrected chi connectivity index (χ3v) is 3.50. The van der Waals surface area contributed by atoms with Crippen LogP contribution in [0.15, 0.2) is 10.5 Å². The molecule has 0 spiro atoms. The Balaban J connectivity index is 3.16. The van der Waals surface area contributed by atoms with E-state index in [9.17, 15) is 0 Å². The molecule has 0 saturated heterocycles. The summed E-state index contributed by atoms with van der Waals surface area (Å²) < 4.78 is 6.42. The second-order valence-electron chi connectivity index (χ2n) is 3.66. The van der Waals surface area contributed by atoms with Gasteiger partial charge >= 0.3 is 0 Å². The zero-order valence-electron chi connectivity index (χ0n) is 9.43. The molecule has 15 heavy (non-hydrogen) atoms. The van der Waals surface area contributed by atoms with Gasteiger partial charge in [-0.1, -0.05) is 6.07 Å². The zero-order chi connectivity index (χ0) is 11.4. The van der Waals surface area contributed by atoms with E-state index in [2.05, 4.69) is 35.8 Å². The van der Waals surface area contributed by atoms with Crippen molar-refractivity contribution in [3.63, 3.8) is 0 Å². The number of hydrogen-bond donors (Lipinski definition) is 1. The molecule has 0 saturated carbocycles. The normalized spacial score (nSPS) is 10.5. The fourth-order valence-corrected chi connectivity index (χ4v) is 2.26. The van der Waals surface area contributed by atoms with Crippen LogP contribution in [0.5, 0.6) is 5.75 Å². The van der Waals surface area contributed by atoms with Crippen molar-refractivity contribution in [1.82, 2.24) is 0 Å². The number of ether oxygens (including phenoxy) is 1. The zero-order valence-corrected chi connectivity index (χ0v) is 11.0. The minimum atomic E-state index is 0.216. The number of aliphatic hydroxyl groups excluding tert-OH is 1. The lowest BCUT2D eigenvalue weighted by atomic mass is 10.0. The third-order valence-electron chi connectivity index (χ3n) is 2.52. The molecule has 0 unspecified atom stereocenters. The van der Waals surface area contributed by atoms with E-state index in [0.717, 1.165) is 23.1 Å². The van der Waals surface area contributed by atoms with E-state index in [1.165, 1.54) is 16.7 Å². The summed E-state index contributed by atoms with van der Waals surface area (Å²) in [5.41, 5.74) is 3.59. The van der Waals surface area contributed by atoms with Crippen LogP contribution in [-0.4, -0.2) is 18.8 Å². The van der Waals surface area contributed by atoms with Crippen molar-refractivity contribution in [3.05, 3.63) is 27.2 Å². The molecule has 1 aromatic rings. The highest BCUT2D eigenvalue weighted by atomic mass is 79.9. The van der Waals surface area contributed by atoms with Crippen LogP contribution in [0.1, 0.15) is 23.1 Å². The predicted molar refractivity (Wildman–Crippen MR) is 65.6 cm³/mol. The number of benzene rings is 1. The summed E-state index contributed by atoms with van der Waals surface area (Å²) in [7, 11) is 1.68. The average Bonchev–Trinajstić information content (AvgIpc) is 2.21. The summed E-state index contributed by atoms with van der Waals surface area (Å²) in [4.78, 5) is 0. The van der Waals surface area contributed by atoms with Gasteiger partial charge in [0.05, 0.1) is 11.6 Å². The SMILES string of the molecule is COc1c(Br)c(C)cc(C)c1CCCO. The van der Waals surface area contributed by atoms with Gasteiger partial charge in [-0.15, -0.1) is 0 Å². The second-order valence-corrected chi connectivity index (χ2v) is 4.46. The molecule has 0 aliphatic rings. The monoisotopic (exact) mass is 272 g/mol. The van der Waals surface area contributed by atoms with E-state index in [4.69, 9.17) is 9.84 Å². The molecule has 0 aliphatic heterocycles. The van der Waals surface area contributed by atoms with Crippen molar-refractivity contribution in [1.29, 1.82) is 0 Å². The van der Waals surface area contributed by atoms with Crippen molar-refractivity contribution in [3.8, 4) is 5.75 Å². The first-order valence-corrected chi connectivity index (χ1v) is 5.84. The fraction of sp³-hybridized carbons (Fsp3) is 0.500. The first kappa shape index (κ1) is 12.5.